The van der Waals surface area contributed by atoms with Gasteiger partial charge in [0, 0.05) is 6.54 Å². The molecule has 0 aromatic rings. The van der Waals surface area contributed by atoms with Crippen molar-refractivity contribution >= 4 is 23.8 Å². The predicted molar refractivity (Wildman–Crippen MR) is 77.5 cm³/mol. The minimum atomic E-state index is -1.00. The lowest BCUT2D eigenvalue weighted by molar-refractivity contribution is -0.141. The Hall–Kier alpha value is -0.910. The largest absolute Gasteiger partial charge is 0.480 e. The van der Waals surface area contributed by atoms with E-state index in [4.69, 9.17) is 5.11 Å². The smallest absolute Gasteiger partial charge is 0.326 e. The van der Waals surface area contributed by atoms with E-state index < -0.39 is 17.4 Å². The maximum atomic E-state index is 11.8. The molecule has 110 valence electrons. The van der Waals surface area contributed by atoms with Crippen LogP contribution in [-0.4, -0.2) is 41.2 Å². The molecule has 0 aromatic carbocycles. The van der Waals surface area contributed by atoms with E-state index in [1.54, 1.807) is 20.8 Å². The van der Waals surface area contributed by atoms with Crippen molar-refractivity contribution in [3.05, 3.63) is 0 Å². The van der Waals surface area contributed by atoms with Gasteiger partial charge in [0.1, 0.15) is 6.04 Å². The lowest BCUT2D eigenvalue weighted by Gasteiger charge is -2.28. The first kappa shape index (κ1) is 16.1. The minimum absolute atomic E-state index is 0.388. The van der Waals surface area contributed by atoms with Crippen molar-refractivity contribution < 1.29 is 14.7 Å². The Morgan fingerprint density at radius 1 is 1.32 bits per heavy atom. The first-order valence-corrected chi connectivity index (χ1v) is 7.81. The fraction of sp³-hybridized carbons (Fsp3) is 0.846. The second-order valence-electron chi connectivity index (χ2n) is 6.05. The van der Waals surface area contributed by atoms with Gasteiger partial charge in [0.05, 0.1) is 0 Å². The first-order chi connectivity index (χ1) is 8.80. The summed E-state index contributed by atoms with van der Waals surface area (Å²) >= 11 is 1.94. The van der Waals surface area contributed by atoms with Crippen molar-refractivity contribution in [1.29, 1.82) is 0 Å². The average molecular weight is 288 g/mol. The second kappa shape index (κ2) is 7.03. The molecule has 0 aliphatic carbocycles. The topological polar surface area (TPSA) is 78.4 Å². The number of hydrogen-bond acceptors (Lipinski definition) is 3. The van der Waals surface area contributed by atoms with Crippen LogP contribution in [0.1, 0.15) is 33.6 Å². The van der Waals surface area contributed by atoms with Gasteiger partial charge >= 0.3 is 12.0 Å². The second-order valence-corrected chi connectivity index (χ2v) is 7.27. The maximum absolute atomic E-state index is 11.8. The molecule has 0 spiro atoms. The first-order valence-electron chi connectivity index (χ1n) is 6.65. The lowest BCUT2D eigenvalue weighted by Crippen LogP contribution is -2.52. The van der Waals surface area contributed by atoms with Crippen LogP contribution in [-0.2, 0) is 4.79 Å². The van der Waals surface area contributed by atoms with Gasteiger partial charge in [-0.25, -0.2) is 9.59 Å². The summed E-state index contributed by atoms with van der Waals surface area (Å²) in [6.45, 7) is 6.02. The Morgan fingerprint density at radius 2 is 1.89 bits per heavy atom. The van der Waals surface area contributed by atoms with Gasteiger partial charge in [-0.05, 0) is 35.7 Å². The molecular weight excluding hydrogens is 264 g/mol. The predicted octanol–water partition coefficient (Wildman–Crippen LogP) is 1.93. The average Bonchev–Trinajstić information content (AvgIpc) is 2.33. The fourth-order valence-electron chi connectivity index (χ4n) is 2.02. The van der Waals surface area contributed by atoms with Crippen LogP contribution < -0.4 is 10.6 Å². The molecule has 5 nitrogen and oxygen atoms in total. The van der Waals surface area contributed by atoms with Crippen LogP contribution >= 0.6 is 11.8 Å². The number of thioether (sulfide) groups is 1. The molecule has 0 bridgehead atoms. The third-order valence-electron chi connectivity index (χ3n) is 3.28. The summed E-state index contributed by atoms with van der Waals surface area (Å²) in [4.78, 5) is 22.9. The summed E-state index contributed by atoms with van der Waals surface area (Å²) in [5.41, 5.74) is -0.509. The molecule has 0 unspecified atom stereocenters. The number of nitrogens with one attached hydrogen (secondary N) is 2. The highest BCUT2D eigenvalue weighted by atomic mass is 32.2. The normalized spacial score (nSPS) is 18.7. The molecule has 1 fully saturated rings. The van der Waals surface area contributed by atoms with Crippen molar-refractivity contribution in [2.75, 3.05) is 18.1 Å². The van der Waals surface area contributed by atoms with Crippen LogP contribution in [0.3, 0.4) is 0 Å². The van der Waals surface area contributed by atoms with Crippen LogP contribution in [0.25, 0.3) is 0 Å². The Labute approximate surface area is 118 Å². The monoisotopic (exact) mass is 288 g/mol. The number of rotatable bonds is 4. The molecule has 1 saturated heterocycles. The number of hydrogen-bond donors (Lipinski definition) is 3. The van der Waals surface area contributed by atoms with Gasteiger partial charge in [-0.2, -0.15) is 11.8 Å². The highest BCUT2D eigenvalue weighted by molar-refractivity contribution is 7.99. The molecule has 1 atom stereocenters. The number of aliphatic carboxylic acids is 1. The van der Waals surface area contributed by atoms with Crippen molar-refractivity contribution in [3.63, 3.8) is 0 Å². The van der Waals surface area contributed by atoms with Crippen molar-refractivity contribution in [1.82, 2.24) is 10.6 Å². The van der Waals surface area contributed by atoms with Crippen LogP contribution in [0.15, 0.2) is 0 Å². The van der Waals surface area contributed by atoms with Crippen LogP contribution in [0.5, 0.6) is 0 Å². The summed E-state index contributed by atoms with van der Waals surface area (Å²) in [7, 11) is 0. The summed E-state index contributed by atoms with van der Waals surface area (Å²) in [5, 5.41) is 14.5. The Morgan fingerprint density at radius 3 is 2.37 bits per heavy atom. The molecule has 1 aliphatic heterocycles. The van der Waals surface area contributed by atoms with E-state index in [1.165, 1.54) is 0 Å². The maximum Gasteiger partial charge on any atom is 0.326 e. The van der Waals surface area contributed by atoms with Crippen molar-refractivity contribution in [2.45, 2.75) is 39.7 Å². The van der Waals surface area contributed by atoms with E-state index in [1.807, 2.05) is 11.8 Å². The quantitative estimate of drug-likeness (QED) is 0.738. The molecule has 0 saturated carbocycles. The molecule has 3 N–H and O–H groups in total. The number of carbonyl (C=O) groups is 2. The zero-order valence-electron chi connectivity index (χ0n) is 11.9. The summed E-state index contributed by atoms with van der Waals surface area (Å²) in [5.74, 6) is 1.81. The van der Waals surface area contributed by atoms with Crippen molar-refractivity contribution in [3.8, 4) is 0 Å². The Bertz CT molecular complexity index is 322. The van der Waals surface area contributed by atoms with Gasteiger partial charge in [0.2, 0.25) is 0 Å². The zero-order chi connectivity index (χ0) is 14.5. The molecule has 19 heavy (non-hydrogen) atoms. The van der Waals surface area contributed by atoms with E-state index in [2.05, 4.69) is 10.6 Å². The minimum Gasteiger partial charge on any atom is -0.480 e. The third kappa shape index (κ3) is 5.72. The third-order valence-corrected chi connectivity index (χ3v) is 4.33. The molecule has 1 heterocycles. The van der Waals surface area contributed by atoms with E-state index in [9.17, 15) is 9.59 Å². The number of carbonyl (C=O) groups excluding carboxylic acids is 1. The molecule has 1 aliphatic rings. The highest BCUT2D eigenvalue weighted by Gasteiger charge is 2.32. The number of urea groups is 1. The van der Waals surface area contributed by atoms with E-state index in [0.717, 1.165) is 24.3 Å². The van der Waals surface area contributed by atoms with Gasteiger partial charge in [0.15, 0.2) is 0 Å². The van der Waals surface area contributed by atoms with E-state index in [0.29, 0.717) is 12.5 Å². The number of carboxylic acid groups (broad SMARTS) is 1. The van der Waals surface area contributed by atoms with Crippen molar-refractivity contribution in [2.24, 2.45) is 11.3 Å². The van der Waals surface area contributed by atoms with Gasteiger partial charge in [-0.3, -0.25) is 0 Å². The SMILES string of the molecule is CC(C)(C)[C@@H](NC(=O)NCC1CCSCC1)C(=O)O. The summed E-state index contributed by atoms with van der Waals surface area (Å²) in [6.07, 6.45) is 2.24. The van der Waals surface area contributed by atoms with Gasteiger partial charge in [0.25, 0.3) is 0 Å². The van der Waals surface area contributed by atoms with E-state index in [-0.39, 0.29) is 6.03 Å². The lowest BCUT2D eigenvalue weighted by atomic mass is 9.87. The van der Waals surface area contributed by atoms with Crippen LogP contribution in [0.2, 0.25) is 0 Å². The van der Waals surface area contributed by atoms with Gasteiger partial charge < -0.3 is 15.7 Å². The highest BCUT2D eigenvalue weighted by Crippen LogP contribution is 2.22. The number of amides is 2. The molecule has 0 aromatic heterocycles. The Kier molecular flexibility index (Phi) is 5.97. The fourth-order valence-corrected chi connectivity index (χ4v) is 3.22. The van der Waals surface area contributed by atoms with E-state index >= 15 is 0 Å². The standard InChI is InChI=1S/C13H24N2O3S/c1-13(2,3)10(11(16)17)15-12(18)14-8-9-4-6-19-7-5-9/h9-10H,4-8H2,1-3H3,(H,16,17)(H2,14,15,18)/t10-/m0/s1. The Balaban J connectivity index is 2.38. The van der Waals surface area contributed by atoms with Crippen LogP contribution in [0.4, 0.5) is 4.79 Å². The molecule has 2 amide bonds. The zero-order valence-corrected chi connectivity index (χ0v) is 12.7. The van der Waals surface area contributed by atoms with Gasteiger partial charge in [-0.1, -0.05) is 20.8 Å². The molecule has 0 radical (unpaired) electrons. The molecular formula is C13H24N2O3S. The molecule has 6 heteroatoms. The molecule has 1 rings (SSSR count). The number of carboxylic acids is 1. The van der Waals surface area contributed by atoms with Gasteiger partial charge in [-0.15, -0.1) is 0 Å². The van der Waals surface area contributed by atoms with Crippen LogP contribution in [0, 0.1) is 11.3 Å². The summed E-state index contributed by atoms with van der Waals surface area (Å²) < 4.78 is 0. The summed E-state index contributed by atoms with van der Waals surface area (Å²) in [6, 6.07) is -1.27.